The van der Waals surface area contributed by atoms with Crippen molar-refractivity contribution in [3.63, 3.8) is 0 Å². The molecule has 2 saturated heterocycles. The standard InChI is InChI=1S/C23H27ClN8O4/c1-14-3-5-31-17(14)18(21(35)32-23(31)26-22(27-32)30-10-12-36-13-11-30)28-6-8-29(9-7-28)20(34)16-19(33)15(24)2-4-25-16/h2,4,14,33H,3,5-13H2,1H3. The first-order chi connectivity index (χ1) is 17.4. The first-order valence-corrected chi connectivity index (χ1v) is 12.6. The van der Waals surface area contributed by atoms with Gasteiger partial charge in [-0.15, -0.1) is 5.10 Å². The molecule has 0 radical (unpaired) electrons. The van der Waals surface area contributed by atoms with Crippen molar-refractivity contribution in [3.05, 3.63) is 39.0 Å². The van der Waals surface area contributed by atoms with Gasteiger partial charge in [-0.05, 0) is 12.5 Å². The fraction of sp³-hybridized carbons (Fsp3) is 0.522. The summed E-state index contributed by atoms with van der Waals surface area (Å²) in [6.07, 6.45) is 2.32. The maximum Gasteiger partial charge on any atom is 0.299 e. The molecule has 190 valence electrons. The summed E-state index contributed by atoms with van der Waals surface area (Å²) in [5, 5.41) is 14.9. The molecule has 1 unspecified atom stereocenters. The van der Waals surface area contributed by atoms with Crippen LogP contribution in [0.3, 0.4) is 0 Å². The minimum absolute atomic E-state index is 0.0646. The Morgan fingerprint density at radius 1 is 1.11 bits per heavy atom. The van der Waals surface area contributed by atoms with E-state index >= 15 is 0 Å². The van der Waals surface area contributed by atoms with Crippen molar-refractivity contribution < 1.29 is 14.6 Å². The van der Waals surface area contributed by atoms with Crippen LogP contribution in [0.5, 0.6) is 5.75 Å². The van der Waals surface area contributed by atoms with Gasteiger partial charge in [0.15, 0.2) is 11.4 Å². The van der Waals surface area contributed by atoms with Gasteiger partial charge < -0.3 is 29.1 Å². The lowest BCUT2D eigenvalue weighted by Crippen LogP contribution is -2.50. The highest BCUT2D eigenvalue weighted by molar-refractivity contribution is 6.32. The second-order valence-corrected chi connectivity index (χ2v) is 9.78. The monoisotopic (exact) mass is 514 g/mol. The molecule has 0 aromatic carbocycles. The lowest BCUT2D eigenvalue weighted by atomic mass is 10.1. The lowest BCUT2D eigenvalue weighted by molar-refractivity contribution is 0.0737. The van der Waals surface area contributed by atoms with Gasteiger partial charge in [-0.3, -0.25) is 9.59 Å². The molecule has 36 heavy (non-hydrogen) atoms. The zero-order chi connectivity index (χ0) is 25.0. The molecular weight excluding hydrogens is 488 g/mol. The van der Waals surface area contributed by atoms with Crippen molar-refractivity contribution in [2.75, 3.05) is 62.3 Å². The number of rotatable bonds is 3. The predicted molar refractivity (Wildman–Crippen MR) is 132 cm³/mol. The van der Waals surface area contributed by atoms with Gasteiger partial charge in [0, 0.05) is 57.9 Å². The largest absolute Gasteiger partial charge is 0.504 e. The summed E-state index contributed by atoms with van der Waals surface area (Å²) in [5.41, 5.74) is 1.35. The Morgan fingerprint density at radius 2 is 1.86 bits per heavy atom. The average Bonchev–Trinajstić information content (AvgIpc) is 3.51. The number of carbonyl (C=O) groups excluding carboxylic acids is 1. The molecule has 0 bridgehead atoms. The highest BCUT2D eigenvalue weighted by Crippen LogP contribution is 2.35. The predicted octanol–water partition coefficient (Wildman–Crippen LogP) is 0.951. The van der Waals surface area contributed by atoms with Gasteiger partial charge >= 0.3 is 0 Å². The molecular formula is C23H27ClN8O4. The van der Waals surface area contributed by atoms with Crippen LogP contribution < -0.4 is 15.4 Å². The van der Waals surface area contributed by atoms with E-state index in [9.17, 15) is 14.7 Å². The molecule has 6 heterocycles. The molecule has 2 fully saturated rings. The van der Waals surface area contributed by atoms with E-state index in [1.165, 1.54) is 16.8 Å². The van der Waals surface area contributed by atoms with E-state index in [-0.39, 0.29) is 33.9 Å². The minimum Gasteiger partial charge on any atom is -0.504 e. The van der Waals surface area contributed by atoms with E-state index in [1.807, 2.05) is 9.80 Å². The quantitative estimate of drug-likeness (QED) is 0.544. The summed E-state index contributed by atoms with van der Waals surface area (Å²) in [6, 6.07) is 1.44. The molecule has 13 heteroatoms. The number of pyridine rings is 1. The normalized spacial score (nSPS) is 20.3. The molecule has 3 aliphatic heterocycles. The number of aromatic hydroxyl groups is 1. The second-order valence-electron chi connectivity index (χ2n) is 9.37. The Balaban J connectivity index is 1.31. The molecule has 1 atom stereocenters. The van der Waals surface area contributed by atoms with Crippen molar-refractivity contribution in [2.45, 2.75) is 25.8 Å². The van der Waals surface area contributed by atoms with Crippen LogP contribution in [-0.4, -0.2) is 92.5 Å². The van der Waals surface area contributed by atoms with Gasteiger partial charge in [0.25, 0.3) is 11.5 Å². The Kier molecular flexibility index (Phi) is 5.72. The van der Waals surface area contributed by atoms with Crippen LogP contribution in [0.1, 0.15) is 35.4 Å². The number of amides is 1. The zero-order valence-corrected chi connectivity index (χ0v) is 20.7. The number of carbonyl (C=O) groups is 1. The number of halogens is 1. The zero-order valence-electron chi connectivity index (χ0n) is 19.9. The number of nitrogens with zero attached hydrogens (tertiary/aromatic N) is 8. The summed E-state index contributed by atoms with van der Waals surface area (Å²) in [7, 11) is 0. The van der Waals surface area contributed by atoms with Crippen LogP contribution in [-0.2, 0) is 11.3 Å². The van der Waals surface area contributed by atoms with Crippen molar-refractivity contribution >= 4 is 34.9 Å². The molecule has 3 aromatic rings. The summed E-state index contributed by atoms with van der Waals surface area (Å²) in [5.74, 6) is 0.622. The number of hydrogen-bond donors (Lipinski definition) is 1. The van der Waals surface area contributed by atoms with Crippen molar-refractivity contribution in [2.24, 2.45) is 0 Å². The average molecular weight is 515 g/mol. The molecule has 0 saturated carbocycles. The van der Waals surface area contributed by atoms with Crippen LogP contribution in [0.15, 0.2) is 17.1 Å². The van der Waals surface area contributed by atoms with E-state index < -0.39 is 0 Å². The lowest BCUT2D eigenvalue weighted by Gasteiger charge is -2.36. The first-order valence-electron chi connectivity index (χ1n) is 12.2. The number of hydrogen-bond acceptors (Lipinski definition) is 9. The van der Waals surface area contributed by atoms with Gasteiger partial charge in [-0.1, -0.05) is 18.5 Å². The number of anilines is 2. The van der Waals surface area contributed by atoms with Gasteiger partial charge in [-0.2, -0.15) is 9.50 Å². The molecule has 12 nitrogen and oxygen atoms in total. The topological polar surface area (TPSA) is 121 Å². The third-order valence-electron chi connectivity index (χ3n) is 7.26. The van der Waals surface area contributed by atoms with E-state index in [0.717, 1.165) is 18.7 Å². The number of aromatic nitrogens is 5. The molecule has 6 rings (SSSR count). The Bertz CT molecular complexity index is 1390. The number of piperazine rings is 1. The second kappa shape index (κ2) is 8.93. The maximum atomic E-state index is 13.8. The highest BCUT2D eigenvalue weighted by atomic mass is 35.5. The Morgan fingerprint density at radius 3 is 2.61 bits per heavy atom. The van der Waals surface area contributed by atoms with Gasteiger partial charge in [0.1, 0.15) is 5.69 Å². The number of morpholine rings is 1. The first kappa shape index (κ1) is 23.0. The van der Waals surface area contributed by atoms with E-state index in [0.29, 0.717) is 69.9 Å². The molecule has 3 aromatic heterocycles. The molecule has 0 spiro atoms. The van der Waals surface area contributed by atoms with Gasteiger partial charge in [0.05, 0.1) is 23.9 Å². The fourth-order valence-electron chi connectivity index (χ4n) is 5.29. The van der Waals surface area contributed by atoms with Gasteiger partial charge in [-0.25, -0.2) is 4.98 Å². The van der Waals surface area contributed by atoms with Crippen molar-refractivity contribution in [3.8, 4) is 5.75 Å². The van der Waals surface area contributed by atoms with Gasteiger partial charge in [0.2, 0.25) is 11.7 Å². The number of fused-ring (bicyclic) bond motifs is 3. The molecule has 1 amide bonds. The Hall–Kier alpha value is -3.38. The molecule has 3 aliphatic rings. The highest BCUT2D eigenvalue weighted by Gasteiger charge is 2.34. The fourth-order valence-corrected chi connectivity index (χ4v) is 5.44. The summed E-state index contributed by atoms with van der Waals surface area (Å²) in [6.45, 7) is 7.21. The summed E-state index contributed by atoms with van der Waals surface area (Å²) in [4.78, 5) is 41.2. The number of ether oxygens (including phenoxy) is 1. The van der Waals surface area contributed by atoms with Crippen molar-refractivity contribution in [1.29, 1.82) is 0 Å². The smallest absolute Gasteiger partial charge is 0.299 e. The van der Waals surface area contributed by atoms with Crippen molar-refractivity contribution in [1.82, 2.24) is 29.0 Å². The summed E-state index contributed by atoms with van der Waals surface area (Å²) < 4.78 is 8.98. The maximum absolute atomic E-state index is 13.8. The van der Waals surface area contributed by atoms with Crippen LogP contribution in [0.2, 0.25) is 5.02 Å². The minimum atomic E-state index is -0.383. The van der Waals surface area contributed by atoms with Crippen LogP contribution in [0.4, 0.5) is 11.6 Å². The molecule has 1 N–H and O–H groups in total. The van der Waals surface area contributed by atoms with Crippen LogP contribution >= 0.6 is 11.6 Å². The third kappa shape index (κ3) is 3.66. The molecule has 0 aliphatic carbocycles. The third-order valence-corrected chi connectivity index (χ3v) is 7.56. The Labute approximate surface area is 211 Å². The SMILES string of the molecule is CC1CCn2c1c(N1CCN(C(=O)c3nccc(Cl)c3O)CC1)c(=O)n1nc(N3CCOCC3)nc21. The van der Waals surface area contributed by atoms with Crippen LogP contribution in [0.25, 0.3) is 5.78 Å². The summed E-state index contributed by atoms with van der Waals surface area (Å²) >= 11 is 5.96. The van der Waals surface area contributed by atoms with E-state index in [4.69, 9.17) is 21.3 Å². The van der Waals surface area contributed by atoms with E-state index in [2.05, 4.69) is 21.6 Å². The van der Waals surface area contributed by atoms with E-state index in [1.54, 1.807) is 4.90 Å². The number of aryl methyl sites for hydroxylation is 1. The van der Waals surface area contributed by atoms with Crippen LogP contribution in [0, 0.1) is 0 Å².